The fraction of sp³-hybridized carbons (Fsp3) is 0.273. The number of aliphatic hydroxyl groups is 2. The molecule has 8 aromatic heterocycles. The number of aryl methyl sites for hydroxylation is 4. The molecule has 6 N–H and O–H groups in total. The Kier molecular flexibility index (Phi) is 41.1. The number of hydrogen-bond donors (Lipinski definition) is 6. The Bertz CT molecular complexity index is 5000. The van der Waals surface area contributed by atoms with Crippen molar-refractivity contribution in [3.05, 3.63) is 316 Å². The number of aliphatic hydroxyl groups excluding tert-OH is 2. The predicted molar refractivity (Wildman–Crippen MR) is 493 cm³/mol. The molecule has 0 saturated heterocycles. The first kappa shape index (κ1) is 104. The summed E-state index contributed by atoms with van der Waals surface area (Å²) in [6.45, 7) is 1.55. The standard InChI is InChI=1S/C46H54N4O6P2.C42H42N4O6P2.2BrH.6ClH/c1-55-58(54,56-2)35-33-48-26-16-39(17-27-48)41-20-30-50(31-21-41)45-12-8-43(9-13-45)46(22-4-3-5-23-46)42-6-10-44(11-7-42)49-28-18-40(19-29-49)38-14-24-47(25-15-38)32-34-57(53,36-51)37-52;47-53(48,49)32-30-43-22-12-34(13-23-43)36-16-26-45(27-17-36)40-8-4-38(5-9-40)42(20-2-1-3-21-42)39-6-10-41(11-7-39)46-28-18-37(19-29-46)35-14-24-44(25-15-35)31-33-54(50,51)52;;;;;;;;/h6-21,24-31,51-52H,3-5,22-23,32-37H2,1-2H3;4-19,22-29H,1-3,20-21,30-33H2;8*1H/q+4;;;;;;;;;/p+4. The maximum atomic E-state index is 12.4. The Balaban J connectivity index is 0.000000401. The minimum absolute atomic E-state index is 0. The number of hydrogen-bond acceptors (Lipinski definition) is 8. The second-order valence-corrected chi connectivity index (χ2v) is 38.4. The topological polar surface area (TPSA) is 239 Å². The molecule has 0 amide bonds. The summed E-state index contributed by atoms with van der Waals surface area (Å²) in [4.78, 5) is 36.7. The number of pyridine rings is 8. The smallest absolute Gasteiger partial charge is 0.336 e. The van der Waals surface area contributed by atoms with Crippen molar-refractivity contribution in [1.29, 1.82) is 0 Å². The Labute approximate surface area is 761 Å². The van der Waals surface area contributed by atoms with Crippen LogP contribution in [0.1, 0.15) is 86.5 Å². The van der Waals surface area contributed by atoms with E-state index in [-0.39, 0.29) is 151 Å². The van der Waals surface area contributed by atoms with E-state index in [0.29, 0.717) is 19.3 Å². The summed E-state index contributed by atoms with van der Waals surface area (Å²) in [6.07, 6.45) is 43.0. The molecule has 12 aromatic rings. The van der Waals surface area contributed by atoms with Gasteiger partial charge in [0.15, 0.2) is 125 Å². The van der Waals surface area contributed by atoms with Gasteiger partial charge in [-0.15, -0.1) is 108 Å². The van der Waals surface area contributed by atoms with E-state index in [2.05, 4.69) is 226 Å². The highest BCUT2D eigenvalue weighted by Crippen LogP contribution is 2.48. The van der Waals surface area contributed by atoms with E-state index >= 15 is 0 Å². The third-order valence-corrected chi connectivity index (χ3v) is 27.7. The Morgan fingerprint density at radius 1 is 0.283 bits per heavy atom. The van der Waals surface area contributed by atoms with Crippen molar-refractivity contribution < 1.29 is 93.6 Å². The average molecular weight is 1970 g/mol. The zero-order valence-corrected chi connectivity index (χ0v) is 78.5. The third-order valence-electron chi connectivity index (χ3n) is 22.3. The van der Waals surface area contributed by atoms with Crippen molar-refractivity contribution in [1.82, 2.24) is 0 Å². The zero-order chi connectivity index (χ0) is 78.4. The fourth-order valence-corrected chi connectivity index (χ4v) is 18.4. The van der Waals surface area contributed by atoms with E-state index in [1.54, 1.807) is 9.13 Å². The molecule has 8 heterocycles. The van der Waals surface area contributed by atoms with Crippen LogP contribution in [0, 0.1) is 0 Å². The summed E-state index contributed by atoms with van der Waals surface area (Å²) >= 11 is 0. The van der Waals surface area contributed by atoms with Crippen LogP contribution in [0.3, 0.4) is 0 Å². The number of aromatic nitrogens is 8. The molecule has 640 valence electrons. The highest BCUT2D eigenvalue weighted by Gasteiger charge is 2.38. The summed E-state index contributed by atoms with van der Waals surface area (Å²) in [7, 11) is -11.2. The predicted octanol–water partition coefficient (Wildman–Crippen LogP) is 16.6. The monoisotopic (exact) mass is 1960 g/mol. The molecular formula is C88H108Br2Cl6N8O12P4+8. The normalized spacial score (nSPS) is 13.5. The minimum Gasteiger partial charge on any atom is -0.389 e. The SMILES string of the molecule is Br.Br.COP(=O)(CC[n+]1ccc(-c2cc[n+](-c3ccc(C4(c5ccc(-[n+]6ccc(-c7cc[n+](CCP(=O)(CO)CO)cc7)cc6)cc5)CCCCC4)cc3)cc2)cc1)OC.Cl.Cl.Cl.Cl.Cl.Cl.O=P(O)(O)CC[n+]1ccc(-c2cc[n+](-c3ccc(C4(c5ccc(-[n+]6ccc(-c7cc[n+](CCP(=O)(O)O)cc7)cc6)cc5)CCCCC4)cc3)cc2)cc1. The molecule has 4 aromatic carbocycles. The van der Waals surface area contributed by atoms with Crippen molar-refractivity contribution in [3.8, 4) is 67.3 Å². The molecule has 120 heavy (non-hydrogen) atoms. The van der Waals surface area contributed by atoms with Gasteiger partial charge < -0.3 is 43.4 Å². The average Bonchev–Trinajstić information content (AvgIpc) is 0.767. The van der Waals surface area contributed by atoms with Gasteiger partial charge in [0.1, 0.15) is 25.6 Å². The van der Waals surface area contributed by atoms with E-state index in [1.165, 1.54) is 75.0 Å². The second kappa shape index (κ2) is 47.5. The summed E-state index contributed by atoms with van der Waals surface area (Å²) < 4.78 is 73.3. The molecule has 2 aliphatic carbocycles. The van der Waals surface area contributed by atoms with Crippen LogP contribution in [0.2, 0.25) is 0 Å². The minimum atomic E-state index is -4.03. The van der Waals surface area contributed by atoms with Gasteiger partial charge in [-0.2, -0.15) is 18.3 Å². The molecule has 0 aliphatic heterocycles. The molecule has 2 aliphatic rings. The van der Waals surface area contributed by atoms with Crippen LogP contribution in [0.25, 0.3) is 67.3 Å². The lowest BCUT2D eigenvalue weighted by molar-refractivity contribution is -0.692. The van der Waals surface area contributed by atoms with Crippen LogP contribution >= 0.6 is 138 Å². The lowest BCUT2D eigenvalue weighted by atomic mass is 9.65. The van der Waals surface area contributed by atoms with E-state index < -0.39 is 42.6 Å². The van der Waals surface area contributed by atoms with Crippen LogP contribution in [0.5, 0.6) is 0 Å². The van der Waals surface area contributed by atoms with Gasteiger partial charge in [-0.05, 0) is 92.4 Å². The molecule has 0 radical (unpaired) electrons. The lowest BCUT2D eigenvalue weighted by Crippen LogP contribution is -2.34. The molecule has 0 unspecified atom stereocenters. The van der Waals surface area contributed by atoms with Crippen LogP contribution in [-0.2, 0) is 64.3 Å². The van der Waals surface area contributed by atoms with Crippen LogP contribution in [0.15, 0.2) is 293 Å². The van der Waals surface area contributed by atoms with Gasteiger partial charge in [0.2, 0.25) is 22.7 Å². The molecule has 0 atom stereocenters. The highest BCUT2D eigenvalue weighted by molar-refractivity contribution is 8.93. The van der Waals surface area contributed by atoms with Crippen molar-refractivity contribution >= 4 is 138 Å². The summed E-state index contributed by atoms with van der Waals surface area (Å²) in [6, 6.07) is 69.0. The Morgan fingerprint density at radius 3 is 0.667 bits per heavy atom. The van der Waals surface area contributed by atoms with E-state index in [1.807, 2.05) is 95.1 Å². The molecule has 20 nitrogen and oxygen atoms in total. The number of rotatable bonds is 28. The number of benzene rings is 4. The van der Waals surface area contributed by atoms with Gasteiger partial charge in [0.05, 0.1) is 18.9 Å². The first-order chi connectivity index (χ1) is 54.1. The van der Waals surface area contributed by atoms with Gasteiger partial charge in [0, 0.05) is 171 Å². The van der Waals surface area contributed by atoms with Crippen molar-refractivity contribution in [2.24, 2.45) is 0 Å². The van der Waals surface area contributed by atoms with Crippen molar-refractivity contribution in [2.75, 3.05) is 51.6 Å². The molecule has 32 heteroatoms. The Hall–Kier alpha value is -6.62. The first-order valence-corrected chi connectivity index (χ1v) is 45.8. The van der Waals surface area contributed by atoms with E-state index in [4.69, 9.17) is 28.6 Å². The largest absolute Gasteiger partial charge is 0.389 e. The lowest BCUT2D eigenvalue weighted by Gasteiger charge is -2.38. The maximum Gasteiger partial charge on any atom is 0.336 e. The Morgan fingerprint density at radius 2 is 0.475 bits per heavy atom. The summed E-state index contributed by atoms with van der Waals surface area (Å²) in [5.74, 6) is 0. The zero-order valence-electron chi connectivity index (χ0n) is 66.6. The van der Waals surface area contributed by atoms with E-state index in [9.17, 15) is 28.5 Å². The van der Waals surface area contributed by atoms with Crippen molar-refractivity contribution in [3.63, 3.8) is 0 Å². The van der Waals surface area contributed by atoms with Crippen LogP contribution in [-0.4, -0.2) is 81.3 Å². The maximum absolute atomic E-state index is 12.4. The van der Waals surface area contributed by atoms with Gasteiger partial charge in [0.25, 0.3) is 0 Å². The quantitative estimate of drug-likeness (QED) is 0.0198. The summed E-state index contributed by atoms with van der Waals surface area (Å²) in [5, 5.41) is 18.7. The fourth-order valence-electron chi connectivity index (χ4n) is 15.4. The highest BCUT2D eigenvalue weighted by atomic mass is 79.9. The second-order valence-electron chi connectivity index (χ2n) is 29.3. The first-order valence-electron chi connectivity index (χ1n) is 38.2. The molecule has 0 bridgehead atoms. The van der Waals surface area contributed by atoms with Gasteiger partial charge in [-0.3, -0.25) is 13.7 Å². The number of nitrogens with zero attached hydrogens (tertiary/aromatic N) is 8. The van der Waals surface area contributed by atoms with Gasteiger partial charge >= 0.3 is 22.8 Å². The van der Waals surface area contributed by atoms with Crippen LogP contribution in [0.4, 0.5) is 0 Å². The van der Waals surface area contributed by atoms with Gasteiger partial charge in [-0.25, -0.2) is 18.3 Å². The molecular weight excluding hydrogens is 1860 g/mol. The molecule has 0 spiro atoms. The molecule has 14 rings (SSSR count). The molecule has 2 saturated carbocycles. The number of halogens is 8. The van der Waals surface area contributed by atoms with Crippen molar-refractivity contribution in [2.45, 2.75) is 101 Å². The third kappa shape index (κ3) is 26.7. The molecule has 2 fully saturated rings. The summed E-state index contributed by atoms with van der Waals surface area (Å²) in [5.41, 5.74) is 18.3. The van der Waals surface area contributed by atoms with E-state index in [0.717, 1.165) is 92.9 Å². The van der Waals surface area contributed by atoms with Crippen LogP contribution < -0.4 is 36.5 Å². The van der Waals surface area contributed by atoms with Gasteiger partial charge in [-0.1, -0.05) is 87.1 Å².